The molecule has 0 bridgehead atoms. The molecule has 2 aromatic rings. The Kier molecular flexibility index (Phi) is 5.08. The molecule has 0 aliphatic rings. The van der Waals surface area contributed by atoms with E-state index in [1.54, 1.807) is 18.2 Å². The van der Waals surface area contributed by atoms with Gasteiger partial charge in [-0.2, -0.15) is 0 Å². The van der Waals surface area contributed by atoms with E-state index in [1.165, 1.54) is 17.7 Å². The largest absolute Gasteiger partial charge is 0.492 e. The van der Waals surface area contributed by atoms with Crippen LogP contribution in [-0.2, 0) is 11.3 Å². The summed E-state index contributed by atoms with van der Waals surface area (Å²) in [6, 6.07) is 8.69. The van der Waals surface area contributed by atoms with Gasteiger partial charge in [0.15, 0.2) is 0 Å². The van der Waals surface area contributed by atoms with Crippen molar-refractivity contribution in [2.24, 2.45) is 0 Å². The number of rotatable bonds is 6. The smallest absolute Gasteiger partial charge is 0.337 e. The Balaban J connectivity index is 2.03. The average molecular weight is 318 g/mol. The summed E-state index contributed by atoms with van der Waals surface area (Å²) in [5, 5.41) is 10.7. The van der Waals surface area contributed by atoms with E-state index >= 15 is 0 Å². The molecule has 120 valence electrons. The Labute approximate surface area is 131 Å². The van der Waals surface area contributed by atoms with Crippen LogP contribution in [0.15, 0.2) is 47.4 Å². The molecule has 0 saturated carbocycles. The molecule has 0 fully saturated rings. The molecule has 8 nitrogen and oxygen atoms in total. The number of ether oxygens (including phenoxy) is 2. The van der Waals surface area contributed by atoms with Gasteiger partial charge in [-0.15, -0.1) is 0 Å². The van der Waals surface area contributed by atoms with E-state index in [9.17, 15) is 19.7 Å². The van der Waals surface area contributed by atoms with Crippen molar-refractivity contribution >= 4 is 11.7 Å². The molecule has 0 aliphatic heterocycles. The SMILES string of the molecule is COC(=O)c1cccc(OCCn2cc([N+](=O)[O-])ccc2=O)c1. The van der Waals surface area contributed by atoms with Gasteiger partial charge < -0.3 is 14.0 Å². The molecule has 0 N–H and O–H groups in total. The third kappa shape index (κ3) is 4.16. The molecule has 0 aliphatic carbocycles. The van der Waals surface area contributed by atoms with Gasteiger partial charge in [0, 0.05) is 12.1 Å². The second-order valence-corrected chi connectivity index (χ2v) is 4.54. The lowest BCUT2D eigenvalue weighted by Gasteiger charge is -2.09. The first-order valence-corrected chi connectivity index (χ1v) is 6.67. The first-order chi connectivity index (χ1) is 11.0. The second kappa shape index (κ2) is 7.21. The van der Waals surface area contributed by atoms with E-state index in [0.29, 0.717) is 11.3 Å². The summed E-state index contributed by atoms with van der Waals surface area (Å²) < 4.78 is 11.3. The number of hydrogen-bond acceptors (Lipinski definition) is 6. The van der Waals surface area contributed by atoms with Crippen molar-refractivity contribution in [2.45, 2.75) is 6.54 Å². The average Bonchev–Trinajstić information content (AvgIpc) is 2.56. The Morgan fingerprint density at radius 2 is 2.09 bits per heavy atom. The molecule has 0 spiro atoms. The molecule has 0 radical (unpaired) electrons. The van der Waals surface area contributed by atoms with Crippen molar-refractivity contribution in [3.63, 3.8) is 0 Å². The zero-order valence-corrected chi connectivity index (χ0v) is 12.3. The summed E-state index contributed by atoms with van der Waals surface area (Å²) in [6.45, 7) is 0.259. The molecule has 0 atom stereocenters. The van der Waals surface area contributed by atoms with Crippen molar-refractivity contribution < 1.29 is 19.2 Å². The monoisotopic (exact) mass is 318 g/mol. The van der Waals surface area contributed by atoms with Crippen molar-refractivity contribution in [1.29, 1.82) is 0 Å². The number of hydrogen-bond donors (Lipinski definition) is 0. The van der Waals surface area contributed by atoms with Crippen molar-refractivity contribution in [2.75, 3.05) is 13.7 Å². The number of esters is 1. The summed E-state index contributed by atoms with van der Waals surface area (Å²) >= 11 is 0. The van der Waals surface area contributed by atoms with Gasteiger partial charge in [0.05, 0.1) is 30.3 Å². The quantitative estimate of drug-likeness (QED) is 0.456. The molecule has 23 heavy (non-hydrogen) atoms. The van der Waals surface area contributed by atoms with Crippen LogP contribution in [0.4, 0.5) is 5.69 Å². The topological polar surface area (TPSA) is 101 Å². The maximum atomic E-state index is 11.6. The number of nitro groups is 1. The van der Waals surface area contributed by atoms with Crippen LogP contribution in [0.25, 0.3) is 0 Å². The Morgan fingerprint density at radius 3 is 2.78 bits per heavy atom. The molecular formula is C15H14N2O6. The zero-order valence-electron chi connectivity index (χ0n) is 12.3. The van der Waals surface area contributed by atoms with Crippen LogP contribution >= 0.6 is 0 Å². The van der Waals surface area contributed by atoms with Gasteiger partial charge in [-0.25, -0.2) is 4.79 Å². The summed E-state index contributed by atoms with van der Waals surface area (Å²) in [5.41, 5.74) is -0.183. The van der Waals surface area contributed by atoms with Gasteiger partial charge in [-0.1, -0.05) is 6.07 Å². The second-order valence-electron chi connectivity index (χ2n) is 4.54. The predicted molar refractivity (Wildman–Crippen MR) is 80.6 cm³/mol. The van der Waals surface area contributed by atoms with Crippen LogP contribution in [0, 0.1) is 10.1 Å². The van der Waals surface area contributed by atoms with Gasteiger partial charge in [-0.05, 0) is 18.2 Å². The summed E-state index contributed by atoms with van der Waals surface area (Å²) in [6.07, 6.45) is 1.16. The van der Waals surface area contributed by atoms with E-state index < -0.39 is 10.9 Å². The predicted octanol–water partition coefficient (Wildman–Crippen LogP) is 1.62. The van der Waals surface area contributed by atoms with Gasteiger partial charge in [0.2, 0.25) is 0 Å². The highest BCUT2D eigenvalue weighted by atomic mass is 16.6. The Bertz CT molecular complexity index is 784. The summed E-state index contributed by atoms with van der Waals surface area (Å²) in [4.78, 5) is 33.2. The van der Waals surface area contributed by atoms with Gasteiger partial charge in [0.25, 0.3) is 11.2 Å². The molecule has 1 aromatic heterocycles. The van der Waals surface area contributed by atoms with Crippen molar-refractivity contribution in [1.82, 2.24) is 4.57 Å². The Morgan fingerprint density at radius 1 is 1.30 bits per heavy atom. The number of benzene rings is 1. The lowest BCUT2D eigenvalue weighted by molar-refractivity contribution is -0.385. The highest BCUT2D eigenvalue weighted by Crippen LogP contribution is 2.14. The first-order valence-electron chi connectivity index (χ1n) is 6.67. The fraction of sp³-hybridized carbons (Fsp3) is 0.200. The van der Waals surface area contributed by atoms with Gasteiger partial charge in [-0.3, -0.25) is 14.9 Å². The zero-order chi connectivity index (χ0) is 16.8. The van der Waals surface area contributed by atoms with Crippen LogP contribution in [0.3, 0.4) is 0 Å². The number of aromatic nitrogens is 1. The lowest BCUT2D eigenvalue weighted by Crippen LogP contribution is -2.22. The fourth-order valence-corrected chi connectivity index (χ4v) is 1.89. The molecule has 0 saturated heterocycles. The highest BCUT2D eigenvalue weighted by Gasteiger charge is 2.08. The number of methoxy groups -OCH3 is 1. The maximum absolute atomic E-state index is 11.6. The normalized spacial score (nSPS) is 10.1. The van der Waals surface area contributed by atoms with Crippen LogP contribution < -0.4 is 10.3 Å². The Hall–Kier alpha value is -3.16. The summed E-state index contributed by atoms with van der Waals surface area (Å²) in [7, 11) is 1.28. The molecule has 0 unspecified atom stereocenters. The van der Waals surface area contributed by atoms with Gasteiger partial charge >= 0.3 is 5.97 Å². The third-order valence-electron chi connectivity index (χ3n) is 3.03. The molecule has 1 aromatic carbocycles. The van der Waals surface area contributed by atoms with Crippen LogP contribution in [0.1, 0.15) is 10.4 Å². The lowest BCUT2D eigenvalue weighted by atomic mass is 10.2. The van der Waals surface area contributed by atoms with Crippen LogP contribution in [-0.4, -0.2) is 29.2 Å². The van der Waals surface area contributed by atoms with E-state index in [0.717, 1.165) is 18.3 Å². The maximum Gasteiger partial charge on any atom is 0.337 e. The molecule has 0 amide bonds. The number of carbonyl (C=O) groups excluding carboxylic acids is 1. The molecular weight excluding hydrogens is 304 g/mol. The van der Waals surface area contributed by atoms with E-state index in [-0.39, 0.29) is 24.4 Å². The van der Waals surface area contributed by atoms with Crippen molar-refractivity contribution in [3.8, 4) is 5.75 Å². The standard InChI is InChI=1S/C15H14N2O6/c1-22-15(19)11-3-2-4-13(9-11)23-8-7-16-10-12(17(20)21)5-6-14(16)18/h2-6,9-10H,7-8H2,1H3. The minimum Gasteiger partial charge on any atom is -0.492 e. The third-order valence-corrected chi connectivity index (χ3v) is 3.03. The van der Waals surface area contributed by atoms with Crippen LogP contribution in [0.2, 0.25) is 0 Å². The van der Waals surface area contributed by atoms with E-state index in [4.69, 9.17) is 4.74 Å². The summed E-state index contributed by atoms with van der Waals surface area (Å²) in [5.74, 6) is -0.0447. The number of nitrogens with zero attached hydrogens (tertiary/aromatic N) is 2. The van der Waals surface area contributed by atoms with Crippen LogP contribution in [0.5, 0.6) is 5.75 Å². The molecule has 1 heterocycles. The number of pyridine rings is 1. The first kappa shape index (κ1) is 16.2. The molecule has 2 rings (SSSR count). The minimum atomic E-state index is -0.573. The molecule has 8 heteroatoms. The highest BCUT2D eigenvalue weighted by molar-refractivity contribution is 5.89. The number of carbonyl (C=O) groups is 1. The van der Waals surface area contributed by atoms with E-state index in [1.807, 2.05) is 0 Å². The fourth-order valence-electron chi connectivity index (χ4n) is 1.89. The van der Waals surface area contributed by atoms with E-state index in [2.05, 4.69) is 4.74 Å². The van der Waals surface area contributed by atoms with Crippen molar-refractivity contribution in [3.05, 3.63) is 68.6 Å². The van der Waals surface area contributed by atoms with Gasteiger partial charge in [0.1, 0.15) is 12.4 Å². The minimum absolute atomic E-state index is 0.117.